The molecule has 2 fully saturated rings. The summed E-state index contributed by atoms with van der Waals surface area (Å²) in [7, 11) is 0. The second kappa shape index (κ2) is 12.8. The van der Waals surface area contributed by atoms with E-state index in [0.29, 0.717) is 13.2 Å². The van der Waals surface area contributed by atoms with Crippen LogP contribution < -0.4 is 0 Å². The van der Waals surface area contributed by atoms with Crippen LogP contribution in [0.5, 0.6) is 0 Å². The van der Waals surface area contributed by atoms with Gasteiger partial charge in [-0.05, 0) is 48.0 Å². The summed E-state index contributed by atoms with van der Waals surface area (Å²) in [5.41, 5.74) is 4.41. The van der Waals surface area contributed by atoms with Gasteiger partial charge in [-0.2, -0.15) is 0 Å². The molecule has 0 radical (unpaired) electrons. The largest absolute Gasteiger partial charge is 0.370 e. The average molecular weight is 565 g/mol. The summed E-state index contributed by atoms with van der Waals surface area (Å²) >= 11 is 3.57. The van der Waals surface area contributed by atoms with Crippen LogP contribution in [0.2, 0.25) is 0 Å². The molecule has 0 aliphatic carbocycles. The summed E-state index contributed by atoms with van der Waals surface area (Å²) < 4.78 is 19.6. The monoisotopic (exact) mass is 564 g/mol. The van der Waals surface area contributed by atoms with E-state index in [0.717, 1.165) is 41.0 Å². The van der Waals surface area contributed by atoms with Crippen LogP contribution >= 0.6 is 23.5 Å². The molecule has 208 valence electrons. The van der Waals surface area contributed by atoms with E-state index in [1.807, 2.05) is 36.4 Å². The predicted octanol–water partition coefficient (Wildman–Crippen LogP) is 7.32. The molecule has 3 aromatic rings. The van der Waals surface area contributed by atoms with Gasteiger partial charge in [0.15, 0.2) is 0 Å². The van der Waals surface area contributed by atoms with Gasteiger partial charge in [-0.15, -0.1) is 23.5 Å². The summed E-state index contributed by atoms with van der Waals surface area (Å²) in [5.74, 6) is 0.314. The summed E-state index contributed by atoms with van der Waals surface area (Å²) in [4.78, 5) is 0. The van der Waals surface area contributed by atoms with Gasteiger partial charge in [0.05, 0.1) is 25.4 Å². The van der Waals surface area contributed by atoms with Crippen molar-refractivity contribution < 1.29 is 19.3 Å². The van der Waals surface area contributed by atoms with Crippen LogP contribution in [0.25, 0.3) is 0 Å². The lowest BCUT2D eigenvalue weighted by Crippen LogP contribution is -2.69. The molecule has 0 spiro atoms. The number of ether oxygens (including phenoxy) is 3. The van der Waals surface area contributed by atoms with Gasteiger partial charge in [-0.25, -0.2) is 0 Å². The Morgan fingerprint density at radius 3 is 1.97 bits per heavy atom. The van der Waals surface area contributed by atoms with Crippen LogP contribution in [0.1, 0.15) is 48.9 Å². The molecule has 0 saturated carbocycles. The second-order valence-electron chi connectivity index (χ2n) is 10.6. The molecule has 0 unspecified atom stereocenters. The molecular weight excluding hydrogens is 524 g/mol. The third-order valence-electron chi connectivity index (χ3n) is 7.88. The minimum absolute atomic E-state index is 0.0356. The first kappa shape index (κ1) is 28.7. The quantitative estimate of drug-likeness (QED) is 0.294. The van der Waals surface area contributed by atoms with E-state index >= 15 is 0 Å². The van der Waals surface area contributed by atoms with Gasteiger partial charge < -0.3 is 19.3 Å². The Labute approximate surface area is 241 Å². The number of hydrogen-bond donors (Lipinski definition) is 1. The fourth-order valence-electron chi connectivity index (χ4n) is 5.69. The van der Waals surface area contributed by atoms with Crippen LogP contribution in [0.15, 0.2) is 84.9 Å². The minimum atomic E-state index is -1.61. The highest BCUT2D eigenvalue weighted by Gasteiger charge is 2.66. The standard InChI is InChI=1S/C33H40O4S2/c1-4-29-25(3)30(35-22-26-12-7-5-8-13-26)31(36-23-27-14-9-6-10-15-27)32(34,37-29)33(38-20-11-21-39-33)28-18-16-24(2)17-19-28/h5-10,12-19,25,29-31,34H,4,11,20-23H2,1-3H3/t25-,29-,30+,31-,32-/m1/s1. The van der Waals surface area contributed by atoms with E-state index in [9.17, 15) is 5.11 Å². The molecule has 5 rings (SSSR count). The predicted molar refractivity (Wildman–Crippen MR) is 162 cm³/mol. The van der Waals surface area contributed by atoms with Crippen molar-refractivity contribution in [2.75, 3.05) is 11.5 Å². The van der Waals surface area contributed by atoms with Crippen molar-refractivity contribution in [1.29, 1.82) is 0 Å². The molecular formula is C33H40O4S2. The number of thioether (sulfide) groups is 2. The molecule has 0 aromatic heterocycles. The van der Waals surface area contributed by atoms with Crippen LogP contribution in [0, 0.1) is 12.8 Å². The van der Waals surface area contributed by atoms with Crippen molar-refractivity contribution >= 4 is 23.5 Å². The zero-order valence-corrected chi connectivity index (χ0v) is 24.8. The van der Waals surface area contributed by atoms with E-state index < -0.39 is 16.0 Å². The molecule has 39 heavy (non-hydrogen) atoms. The molecule has 2 saturated heterocycles. The smallest absolute Gasteiger partial charge is 0.224 e. The van der Waals surface area contributed by atoms with Gasteiger partial charge >= 0.3 is 0 Å². The topological polar surface area (TPSA) is 47.9 Å². The first-order valence-electron chi connectivity index (χ1n) is 14.0. The van der Waals surface area contributed by atoms with E-state index in [2.05, 4.69) is 69.3 Å². The highest BCUT2D eigenvalue weighted by Crippen LogP contribution is 2.61. The maximum atomic E-state index is 13.0. The third-order valence-corrected chi connectivity index (χ3v) is 11.4. The van der Waals surface area contributed by atoms with Crippen molar-refractivity contribution in [3.8, 4) is 0 Å². The van der Waals surface area contributed by atoms with Gasteiger partial charge in [-0.3, -0.25) is 0 Å². The molecule has 3 aromatic carbocycles. The molecule has 2 heterocycles. The number of hydrogen-bond acceptors (Lipinski definition) is 6. The Kier molecular flexibility index (Phi) is 9.42. The van der Waals surface area contributed by atoms with Gasteiger partial charge in [0, 0.05) is 5.92 Å². The zero-order valence-electron chi connectivity index (χ0n) is 23.1. The average Bonchev–Trinajstić information content (AvgIpc) is 2.98. The van der Waals surface area contributed by atoms with Gasteiger partial charge in [-0.1, -0.05) is 104 Å². The normalized spacial score (nSPS) is 28.7. The lowest BCUT2D eigenvalue weighted by atomic mass is 9.82. The van der Waals surface area contributed by atoms with E-state index in [1.165, 1.54) is 5.56 Å². The Bertz CT molecular complexity index is 1170. The Morgan fingerprint density at radius 2 is 1.41 bits per heavy atom. The second-order valence-corrected chi connectivity index (χ2v) is 13.5. The number of rotatable bonds is 9. The van der Waals surface area contributed by atoms with Crippen LogP contribution in [0.4, 0.5) is 0 Å². The van der Waals surface area contributed by atoms with Gasteiger partial charge in [0.2, 0.25) is 5.79 Å². The first-order valence-corrected chi connectivity index (χ1v) is 16.0. The first-order chi connectivity index (χ1) is 19.0. The summed E-state index contributed by atoms with van der Waals surface area (Å²) in [6.45, 7) is 7.21. The van der Waals surface area contributed by atoms with Crippen LogP contribution in [0.3, 0.4) is 0 Å². The number of aliphatic hydroxyl groups is 1. The maximum Gasteiger partial charge on any atom is 0.224 e. The van der Waals surface area contributed by atoms with Crippen molar-refractivity contribution in [3.63, 3.8) is 0 Å². The molecule has 4 nitrogen and oxygen atoms in total. The molecule has 2 aliphatic heterocycles. The lowest BCUT2D eigenvalue weighted by molar-refractivity contribution is -0.357. The molecule has 1 N–H and O–H groups in total. The summed E-state index contributed by atoms with van der Waals surface area (Å²) in [5, 5.41) is 13.0. The van der Waals surface area contributed by atoms with E-state index in [4.69, 9.17) is 14.2 Å². The zero-order chi connectivity index (χ0) is 27.3. The van der Waals surface area contributed by atoms with Crippen LogP contribution in [-0.2, 0) is 31.5 Å². The summed E-state index contributed by atoms with van der Waals surface area (Å²) in [6, 6.07) is 28.9. The van der Waals surface area contributed by atoms with Crippen molar-refractivity contribution in [3.05, 3.63) is 107 Å². The highest BCUT2D eigenvalue weighted by molar-refractivity contribution is 8.18. The van der Waals surface area contributed by atoms with Gasteiger partial charge in [0.1, 0.15) is 10.2 Å². The third kappa shape index (κ3) is 5.97. The molecule has 5 atom stereocenters. The summed E-state index contributed by atoms with van der Waals surface area (Å²) in [6.07, 6.45) is 0.648. The maximum absolute atomic E-state index is 13.0. The van der Waals surface area contributed by atoms with Crippen molar-refractivity contribution in [2.24, 2.45) is 5.92 Å². The van der Waals surface area contributed by atoms with E-state index in [1.54, 1.807) is 23.5 Å². The fourth-order valence-corrected chi connectivity index (χ4v) is 9.21. The molecule has 2 aliphatic rings. The van der Waals surface area contributed by atoms with E-state index in [-0.39, 0.29) is 18.1 Å². The SMILES string of the molecule is CC[C@H]1O[C@@](O)(C2(c3ccc(C)cc3)SCCCS2)[C@H](OCc2ccccc2)[C@@H](OCc2ccccc2)[C@@H]1C. The minimum Gasteiger partial charge on any atom is -0.370 e. The Balaban J connectivity index is 1.58. The molecule has 0 bridgehead atoms. The Hall–Kier alpha value is -1.80. The lowest BCUT2D eigenvalue weighted by Gasteiger charge is -2.57. The van der Waals surface area contributed by atoms with Crippen molar-refractivity contribution in [1.82, 2.24) is 0 Å². The Morgan fingerprint density at radius 1 is 0.846 bits per heavy atom. The highest BCUT2D eigenvalue weighted by atomic mass is 32.2. The van der Waals surface area contributed by atoms with Crippen molar-refractivity contribution in [2.45, 2.75) is 75.0 Å². The fraction of sp³-hybridized carbons (Fsp3) is 0.455. The molecule has 6 heteroatoms. The van der Waals surface area contributed by atoms with Gasteiger partial charge in [0.25, 0.3) is 0 Å². The molecule has 0 amide bonds. The van der Waals surface area contributed by atoms with Crippen LogP contribution in [-0.4, -0.2) is 40.7 Å². The number of benzene rings is 3. The number of aryl methyl sites for hydroxylation is 1.